The first-order valence-corrected chi connectivity index (χ1v) is 10.2. The number of carbonyl (C=O) groups excluding carboxylic acids is 1. The SMILES string of the molecule is O=C(N1CCN(Cc2ccc(Cl)s2)CC1)C1(c2cccc(Cl)c2)CC1. The van der Waals surface area contributed by atoms with Gasteiger partial charge < -0.3 is 4.90 Å². The molecule has 1 saturated carbocycles. The fraction of sp³-hybridized carbons (Fsp3) is 0.421. The molecule has 0 radical (unpaired) electrons. The van der Waals surface area contributed by atoms with E-state index < -0.39 is 0 Å². The van der Waals surface area contributed by atoms with E-state index in [4.69, 9.17) is 23.2 Å². The monoisotopic (exact) mass is 394 g/mol. The minimum atomic E-state index is -0.325. The Morgan fingerprint density at radius 1 is 1.08 bits per heavy atom. The average Bonchev–Trinajstić information content (AvgIpc) is 3.33. The molecule has 4 rings (SSSR count). The molecule has 0 bridgehead atoms. The molecule has 2 heterocycles. The van der Waals surface area contributed by atoms with Crippen LogP contribution in [0.5, 0.6) is 0 Å². The Balaban J connectivity index is 1.38. The molecule has 0 unspecified atom stereocenters. The summed E-state index contributed by atoms with van der Waals surface area (Å²) < 4.78 is 0.834. The van der Waals surface area contributed by atoms with Crippen molar-refractivity contribution in [1.29, 1.82) is 0 Å². The van der Waals surface area contributed by atoms with Crippen molar-refractivity contribution >= 4 is 40.4 Å². The summed E-state index contributed by atoms with van der Waals surface area (Å²) in [5.41, 5.74) is 0.745. The fourth-order valence-corrected chi connectivity index (χ4v) is 4.93. The molecule has 6 heteroatoms. The molecule has 1 aromatic carbocycles. The smallest absolute Gasteiger partial charge is 0.233 e. The van der Waals surface area contributed by atoms with E-state index in [1.807, 2.05) is 35.2 Å². The number of thiophene rings is 1. The van der Waals surface area contributed by atoms with Crippen LogP contribution < -0.4 is 0 Å². The third kappa shape index (κ3) is 3.59. The van der Waals surface area contributed by atoms with E-state index in [-0.39, 0.29) is 11.3 Å². The Labute approximate surface area is 162 Å². The molecule has 2 fully saturated rings. The first kappa shape index (κ1) is 17.3. The summed E-state index contributed by atoms with van der Waals surface area (Å²) in [5, 5.41) is 0.705. The number of benzene rings is 1. The van der Waals surface area contributed by atoms with Gasteiger partial charge in [0.15, 0.2) is 0 Å². The highest BCUT2D eigenvalue weighted by Crippen LogP contribution is 2.50. The number of nitrogens with zero attached hydrogens (tertiary/aromatic N) is 2. The van der Waals surface area contributed by atoms with E-state index in [2.05, 4.69) is 11.0 Å². The normalized spacial score (nSPS) is 19.8. The van der Waals surface area contributed by atoms with Crippen LogP contribution >= 0.6 is 34.5 Å². The lowest BCUT2D eigenvalue weighted by atomic mass is 9.94. The molecule has 25 heavy (non-hydrogen) atoms. The van der Waals surface area contributed by atoms with E-state index >= 15 is 0 Å². The third-order valence-electron chi connectivity index (χ3n) is 5.20. The molecular weight excluding hydrogens is 375 g/mol. The van der Waals surface area contributed by atoms with Gasteiger partial charge in [-0.3, -0.25) is 9.69 Å². The lowest BCUT2D eigenvalue weighted by Crippen LogP contribution is -2.51. The van der Waals surface area contributed by atoms with Gasteiger partial charge in [-0.15, -0.1) is 11.3 Å². The van der Waals surface area contributed by atoms with Crippen molar-refractivity contribution in [2.75, 3.05) is 26.2 Å². The number of piperazine rings is 1. The van der Waals surface area contributed by atoms with Crippen LogP contribution in [0.15, 0.2) is 36.4 Å². The highest BCUT2D eigenvalue weighted by Gasteiger charge is 2.53. The van der Waals surface area contributed by atoms with E-state index in [1.54, 1.807) is 11.3 Å². The lowest BCUT2D eigenvalue weighted by Gasteiger charge is -2.36. The molecule has 3 nitrogen and oxygen atoms in total. The second-order valence-electron chi connectivity index (χ2n) is 6.87. The number of rotatable bonds is 4. The molecule has 1 aliphatic carbocycles. The van der Waals surface area contributed by atoms with Gasteiger partial charge in [0.05, 0.1) is 9.75 Å². The average molecular weight is 395 g/mol. The van der Waals surface area contributed by atoms with Crippen molar-refractivity contribution in [2.24, 2.45) is 0 Å². The van der Waals surface area contributed by atoms with Crippen LogP contribution in [0.4, 0.5) is 0 Å². The van der Waals surface area contributed by atoms with Gasteiger partial charge in [0.25, 0.3) is 0 Å². The third-order valence-corrected chi connectivity index (χ3v) is 6.66. The van der Waals surface area contributed by atoms with Gasteiger partial charge in [-0.05, 0) is 42.7 Å². The highest BCUT2D eigenvalue weighted by atomic mass is 35.5. The molecule has 2 aromatic rings. The maximum Gasteiger partial charge on any atom is 0.233 e. The van der Waals surface area contributed by atoms with E-state index in [9.17, 15) is 4.79 Å². The van der Waals surface area contributed by atoms with Crippen molar-refractivity contribution in [2.45, 2.75) is 24.8 Å². The molecule has 1 aliphatic heterocycles. The summed E-state index contributed by atoms with van der Waals surface area (Å²) in [5.74, 6) is 0.272. The van der Waals surface area contributed by atoms with Gasteiger partial charge in [0, 0.05) is 42.6 Å². The molecule has 1 saturated heterocycles. The summed E-state index contributed by atoms with van der Waals surface area (Å²) in [6.45, 7) is 4.32. The number of amides is 1. The maximum absolute atomic E-state index is 13.1. The first-order chi connectivity index (χ1) is 12.1. The topological polar surface area (TPSA) is 23.6 Å². The van der Waals surface area contributed by atoms with Crippen LogP contribution in [-0.2, 0) is 16.8 Å². The molecule has 0 spiro atoms. The molecule has 2 aliphatic rings. The molecule has 0 N–H and O–H groups in total. The summed E-state index contributed by atoms with van der Waals surface area (Å²) in [7, 11) is 0. The van der Waals surface area contributed by atoms with Crippen molar-refractivity contribution in [3.8, 4) is 0 Å². The Hall–Kier alpha value is -1.07. The summed E-state index contributed by atoms with van der Waals surface area (Å²) in [4.78, 5) is 18.8. The molecule has 1 amide bonds. The van der Waals surface area contributed by atoms with Gasteiger partial charge in [-0.25, -0.2) is 0 Å². The molecule has 0 atom stereocenters. The van der Waals surface area contributed by atoms with Crippen LogP contribution in [0.3, 0.4) is 0 Å². The zero-order valence-electron chi connectivity index (χ0n) is 13.9. The van der Waals surface area contributed by atoms with Gasteiger partial charge in [0.1, 0.15) is 0 Å². The van der Waals surface area contributed by atoms with Crippen LogP contribution in [0.25, 0.3) is 0 Å². The largest absolute Gasteiger partial charge is 0.339 e. The lowest BCUT2D eigenvalue weighted by molar-refractivity contribution is -0.135. The zero-order valence-corrected chi connectivity index (χ0v) is 16.2. The van der Waals surface area contributed by atoms with Gasteiger partial charge in [-0.2, -0.15) is 0 Å². The Kier molecular flexibility index (Phi) is 4.80. The van der Waals surface area contributed by atoms with Gasteiger partial charge in [0.2, 0.25) is 5.91 Å². The molecule has 1 aromatic heterocycles. The number of halogens is 2. The van der Waals surface area contributed by atoms with Crippen molar-refractivity contribution in [3.63, 3.8) is 0 Å². The van der Waals surface area contributed by atoms with E-state index in [0.717, 1.165) is 55.5 Å². The Morgan fingerprint density at radius 2 is 1.84 bits per heavy atom. The fourth-order valence-electron chi connectivity index (χ4n) is 3.61. The van der Waals surface area contributed by atoms with Crippen LogP contribution in [-0.4, -0.2) is 41.9 Å². The number of hydrogen-bond acceptors (Lipinski definition) is 3. The highest BCUT2D eigenvalue weighted by molar-refractivity contribution is 7.16. The second kappa shape index (κ2) is 6.92. The molecular formula is C19H20Cl2N2OS. The summed E-state index contributed by atoms with van der Waals surface area (Å²) in [6, 6.07) is 11.8. The van der Waals surface area contributed by atoms with Crippen LogP contribution in [0, 0.1) is 0 Å². The Bertz CT molecular complexity index is 779. The van der Waals surface area contributed by atoms with Gasteiger partial charge >= 0.3 is 0 Å². The van der Waals surface area contributed by atoms with E-state index in [0.29, 0.717) is 5.02 Å². The number of carbonyl (C=O) groups is 1. The standard InChI is InChI=1S/C19H20Cl2N2OS/c20-15-3-1-2-14(12-15)19(6-7-19)18(24)23-10-8-22(9-11-23)13-16-4-5-17(21)25-16/h1-5,12H,6-11,13H2. The Morgan fingerprint density at radius 3 is 2.44 bits per heavy atom. The summed E-state index contributed by atoms with van der Waals surface area (Å²) in [6.07, 6.45) is 1.86. The van der Waals surface area contributed by atoms with Crippen molar-refractivity contribution < 1.29 is 4.79 Å². The van der Waals surface area contributed by atoms with Crippen molar-refractivity contribution in [1.82, 2.24) is 9.80 Å². The van der Waals surface area contributed by atoms with Gasteiger partial charge in [-0.1, -0.05) is 35.3 Å². The number of hydrogen-bond donors (Lipinski definition) is 0. The quantitative estimate of drug-likeness (QED) is 0.765. The first-order valence-electron chi connectivity index (χ1n) is 8.59. The van der Waals surface area contributed by atoms with Crippen LogP contribution in [0.1, 0.15) is 23.3 Å². The van der Waals surface area contributed by atoms with E-state index in [1.165, 1.54) is 4.88 Å². The van der Waals surface area contributed by atoms with Crippen LogP contribution in [0.2, 0.25) is 9.36 Å². The maximum atomic E-state index is 13.1. The second-order valence-corrected chi connectivity index (χ2v) is 9.10. The zero-order chi connectivity index (χ0) is 17.4. The minimum absolute atomic E-state index is 0.272. The van der Waals surface area contributed by atoms with Crippen molar-refractivity contribution in [3.05, 3.63) is 56.2 Å². The minimum Gasteiger partial charge on any atom is -0.339 e. The summed E-state index contributed by atoms with van der Waals surface area (Å²) >= 11 is 13.8. The molecule has 132 valence electrons. The predicted molar refractivity (Wildman–Crippen MR) is 104 cm³/mol. The predicted octanol–water partition coefficient (Wildman–Crippen LogP) is 4.43.